The lowest BCUT2D eigenvalue weighted by atomic mass is 10.0. The first-order chi connectivity index (χ1) is 16.6. The number of amides is 1. The van der Waals surface area contributed by atoms with E-state index >= 15 is 0 Å². The number of piperazine rings is 1. The van der Waals surface area contributed by atoms with Gasteiger partial charge in [0.05, 0.1) is 18.2 Å². The van der Waals surface area contributed by atoms with Gasteiger partial charge in [0.15, 0.2) is 0 Å². The van der Waals surface area contributed by atoms with Gasteiger partial charge < -0.3 is 10.6 Å². The topological polar surface area (TPSA) is 73.4 Å². The van der Waals surface area contributed by atoms with Crippen LogP contribution in [0.2, 0.25) is 0 Å². The number of aromatic nitrogens is 2. The summed E-state index contributed by atoms with van der Waals surface area (Å²) in [5.41, 5.74) is 2.10. The van der Waals surface area contributed by atoms with Crippen LogP contribution in [0.5, 0.6) is 0 Å². The number of hydrogen-bond donors (Lipinski definition) is 2. The molecule has 1 aromatic heterocycles. The molecule has 5 rings (SSSR count). The lowest BCUT2D eigenvalue weighted by Gasteiger charge is -2.42. The number of anilines is 1. The van der Waals surface area contributed by atoms with Crippen LogP contribution in [-0.4, -0.2) is 64.1 Å². The van der Waals surface area contributed by atoms with E-state index in [0.717, 1.165) is 48.7 Å². The number of carbonyl (C=O) groups is 1. The van der Waals surface area contributed by atoms with Gasteiger partial charge in [-0.1, -0.05) is 68.5 Å². The van der Waals surface area contributed by atoms with Gasteiger partial charge in [0.1, 0.15) is 17.7 Å². The van der Waals surface area contributed by atoms with Gasteiger partial charge in [-0.2, -0.15) is 0 Å². The van der Waals surface area contributed by atoms with E-state index in [4.69, 9.17) is 9.97 Å². The molecule has 34 heavy (non-hydrogen) atoms. The summed E-state index contributed by atoms with van der Waals surface area (Å²) in [5, 5.41) is 7.70. The second kappa shape index (κ2) is 9.91. The predicted octanol–water partition coefficient (Wildman–Crippen LogP) is 3.35. The first-order valence-electron chi connectivity index (χ1n) is 12.1. The quantitative estimate of drug-likeness (QED) is 0.627. The van der Waals surface area contributed by atoms with Gasteiger partial charge in [-0.25, -0.2) is 9.97 Å². The molecule has 7 heteroatoms. The lowest BCUT2D eigenvalue weighted by Crippen LogP contribution is -2.62. The van der Waals surface area contributed by atoms with Crippen molar-refractivity contribution in [3.63, 3.8) is 0 Å². The molecule has 0 radical (unpaired) electrons. The van der Waals surface area contributed by atoms with Crippen LogP contribution in [0, 0.1) is 5.92 Å². The number of benzene rings is 2. The maximum Gasteiger partial charge on any atom is 0.244 e. The summed E-state index contributed by atoms with van der Waals surface area (Å²) in [6, 6.07) is 17.9. The first kappa shape index (κ1) is 22.5. The van der Waals surface area contributed by atoms with Crippen LogP contribution in [0.1, 0.15) is 25.2 Å². The zero-order valence-corrected chi connectivity index (χ0v) is 19.8. The van der Waals surface area contributed by atoms with Crippen molar-refractivity contribution in [1.82, 2.24) is 25.1 Å². The van der Waals surface area contributed by atoms with E-state index in [1.807, 2.05) is 42.5 Å². The number of fused-ring (bicyclic) bond motifs is 5. The van der Waals surface area contributed by atoms with Crippen LogP contribution in [-0.2, 0) is 11.3 Å². The molecule has 2 N–H and O–H groups in total. The van der Waals surface area contributed by atoms with Crippen molar-refractivity contribution >= 4 is 28.7 Å². The predicted molar refractivity (Wildman–Crippen MR) is 136 cm³/mol. The largest absolute Gasteiger partial charge is 0.358 e. The molecular formula is C27H32N6O. The van der Waals surface area contributed by atoms with Gasteiger partial charge in [-0.05, 0) is 23.6 Å². The van der Waals surface area contributed by atoms with Gasteiger partial charge in [0, 0.05) is 31.6 Å². The molecule has 1 saturated heterocycles. The number of nitrogens with one attached hydrogen (secondary N) is 2. The summed E-state index contributed by atoms with van der Waals surface area (Å²) >= 11 is 0. The van der Waals surface area contributed by atoms with Crippen LogP contribution in [0.3, 0.4) is 0 Å². The molecule has 3 heterocycles. The summed E-state index contributed by atoms with van der Waals surface area (Å²) < 4.78 is 0. The maximum absolute atomic E-state index is 13.4. The third-order valence-corrected chi connectivity index (χ3v) is 6.59. The molecule has 2 aromatic carbocycles. The van der Waals surface area contributed by atoms with Crippen molar-refractivity contribution in [3.05, 3.63) is 72.1 Å². The van der Waals surface area contributed by atoms with E-state index in [9.17, 15) is 4.79 Å². The van der Waals surface area contributed by atoms with Gasteiger partial charge in [0.25, 0.3) is 0 Å². The van der Waals surface area contributed by atoms with Crippen LogP contribution in [0.15, 0.2) is 60.7 Å². The summed E-state index contributed by atoms with van der Waals surface area (Å²) in [6.07, 6.45) is 4.26. The van der Waals surface area contributed by atoms with E-state index in [1.165, 1.54) is 5.56 Å². The van der Waals surface area contributed by atoms with Crippen molar-refractivity contribution in [1.29, 1.82) is 0 Å². The summed E-state index contributed by atoms with van der Waals surface area (Å²) in [4.78, 5) is 27.8. The highest BCUT2D eigenvalue weighted by molar-refractivity contribution is 5.92. The highest BCUT2D eigenvalue weighted by Gasteiger charge is 2.33. The molecule has 176 valence electrons. The van der Waals surface area contributed by atoms with Crippen LogP contribution in [0.25, 0.3) is 17.0 Å². The average molecular weight is 457 g/mol. The van der Waals surface area contributed by atoms with E-state index in [-0.39, 0.29) is 24.0 Å². The smallest absolute Gasteiger partial charge is 0.244 e. The molecule has 1 unspecified atom stereocenters. The minimum atomic E-state index is -0.376. The molecule has 2 aliphatic rings. The van der Waals surface area contributed by atoms with Crippen LogP contribution < -0.4 is 10.6 Å². The fourth-order valence-corrected chi connectivity index (χ4v) is 4.69. The summed E-state index contributed by atoms with van der Waals surface area (Å²) in [5.74, 6) is 1.64. The fourth-order valence-electron chi connectivity index (χ4n) is 4.69. The zero-order chi connectivity index (χ0) is 23.5. The van der Waals surface area contributed by atoms with E-state index in [1.54, 1.807) is 0 Å². The van der Waals surface area contributed by atoms with E-state index < -0.39 is 0 Å². The Bertz CT molecular complexity index is 1180. The van der Waals surface area contributed by atoms with Crippen molar-refractivity contribution in [2.24, 2.45) is 5.92 Å². The SMILES string of the molecule is CC(C)[C@@H]1Nc2nc(nc3ccccc23)CN2CCN(C/C=C/c3ccccc3)CC2NC1=O. The molecule has 0 saturated carbocycles. The first-order valence-corrected chi connectivity index (χ1v) is 12.1. The Balaban J connectivity index is 1.39. The molecule has 7 nitrogen and oxygen atoms in total. The highest BCUT2D eigenvalue weighted by Crippen LogP contribution is 2.24. The molecule has 2 aliphatic heterocycles. The van der Waals surface area contributed by atoms with Crippen molar-refractivity contribution in [2.75, 3.05) is 31.5 Å². The molecular weight excluding hydrogens is 424 g/mol. The molecule has 1 fully saturated rings. The normalized spacial score (nSPS) is 21.9. The second-order valence-corrected chi connectivity index (χ2v) is 9.44. The Kier molecular flexibility index (Phi) is 6.56. The Labute approximate surface area is 200 Å². The maximum atomic E-state index is 13.4. The summed E-state index contributed by atoms with van der Waals surface area (Å²) in [6.45, 7) is 8.10. The Morgan fingerprint density at radius 1 is 1.03 bits per heavy atom. The third kappa shape index (κ3) is 4.95. The second-order valence-electron chi connectivity index (χ2n) is 9.44. The van der Waals surface area contributed by atoms with Gasteiger partial charge >= 0.3 is 0 Å². The molecule has 1 amide bonds. The fraction of sp³-hybridized carbons (Fsp3) is 0.370. The minimum Gasteiger partial charge on any atom is -0.358 e. The highest BCUT2D eigenvalue weighted by atomic mass is 16.2. The Morgan fingerprint density at radius 2 is 1.82 bits per heavy atom. The molecule has 2 bridgehead atoms. The summed E-state index contributed by atoms with van der Waals surface area (Å²) in [7, 11) is 0. The molecule has 2 atom stereocenters. The Hall–Kier alpha value is -3.29. The molecule has 0 aliphatic carbocycles. The molecule has 3 aromatic rings. The van der Waals surface area contributed by atoms with Crippen molar-refractivity contribution in [3.8, 4) is 0 Å². The van der Waals surface area contributed by atoms with Crippen molar-refractivity contribution in [2.45, 2.75) is 32.6 Å². The van der Waals surface area contributed by atoms with Crippen LogP contribution in [0.4, 0.5) is 5.82 Å². The van der Waals surface area contributed by atoms with Crippen molar-refractivity contribution < 1.29 is 4.79 Å². The number of nitrogens with zero attached hydrogens (tertiary/aromatic N) is 4. The Morgan fingerprint density at radius 3 is 2.65 bits per heavy atom. The van der Waals surface area contributed by atoms with Gasteiger partial charge in [0.2, 0.25) is 5.91 Å². The zero-order valence-electron chi connectivity index (χ0n) is 19.8. The van der Waals surface area contributed by atoms with Crippen LogP contribution >= 0.6 is 0 Å². The standard InChI is InChI=1S/C27H32N6O/c1-19(2)25-27(34)30-24-18-32(14-8-11-20-9-4-3-5-10-20)15-16-33(24)17-23-28-22-13-7-6-12-21(22)26(29-23)31-25/h3-13,19,24-25H,14-18H2,1-2H3,(H,30,34)(H,28,29,31)/b11-8+/t24?,25-/m0/s1. The van der Waals surface area contributed by atoms with Gasteiger partial charge in [-0.3, -0.25) is 14.6 Å². The minimum absolute atomic E-state index is 0.0119. The lowest BCUT2D eigenvalue weighted by molar-refractivity contribution is -0.125. The molecule has 0 spiro atoms. The third-order valence-electron chi connectivity index (χ3n) is 6.59. The number of para-hydroxylation sites is 1. The average Bonchev–Trinajstić information content (AvgIpc) is 2.84. The van der Waals surface area contributed by atoms with E-state index in [0.29, 0.717) is 6.54 Å². The number of rotatable bonds is 4. The number of carbonyl (C=O) groups excluding carboxylic acids is 1. The van der Waals surface area contributed by atoms with Gasteiger partial charge in [-0.15, -0.1) is 0 Å². The monoisotopic (exact) mass is 456 g/mol. The number of hydrogen-bond acceptors (Lipinski definition) is 6. The van der Waals surface area contributed by atoms with E-state index in [2.05, 4.69) is 58.6 Å².